The van der Waals surface area contributed by atoms with Gasteiger partial charge in [-0.25, -0.2) is 0 Å². The van der Waals surface area contributed by atoms with Gasteiger partial charge in [-0.1, -0.05) is 18.2 Å². The van der Waals surface area contributed by atoms with Gasteiger partial charge < -0.3 is 9.47 Å². The second kappa shape index (κ2) is 5.85. The molecule has 0 aliphatic heterocycles. The van der Waals surface area contributed by atoms with Crippen molar-refractivity contribution in [3.8, 4) is 5.69 Å². The first kappa shape index (κ1) is 14.7. The normalized spacial score (nSPS) is 12.8. The Bertz CT molecular complexity index is 756. The van der Waals surface area contributed by atoms with Gasteiger partial charge in [-0.3, -0.25) is 4.90 Å². The molecule has 0 aliphatic carbocycles. The van der Waals surface area contributed by atoms with Gasteiger partial charge in [0, 0.05) is 24.6 Å². The zero-order valence-corrected chi connectivity index (χ0v) is 13.7. The van der Waals surface area contributed by atoms with Crippen LogP contribution in [0.25, 0.3) is 16.6 Å². The van der Waals surface area contributed by atoms with Gasteiger partial charge in [0.2, 0.25) is 0 Å². The van der Waals surface area contributed by atoms with Crippen LogP contribution in [0.4, 0.5) is 5.69 Å². The van der Waals surface area contributed by atoms with E-state index in [-0.39, 0.29) is 0 Å². The van der Waals surface area contributed by atoms with Crippen molar-refractivity contribution in [1.29, 1.82) is 0 Å². The molecular weight excluding hydrogens is 270 g/mol. The van der Waals surface area contributed by atoms with Gasteiger partial charge in [0.25, 0.3) is 0 Å². The Balaban J connectivity index is 1.91. The van der Waals surface area contributed by atoms with E-state index < -0.39 is 0 Å². The highest BCUT2D eigenvalue weighted by molar-refractivity contribution is 5.81. The molecule has 1 unspecified atom stereocenters. The predicted molar refractivity (Wildman–Crippen MR) is 94.8 cm³/mol. The van der Waals surface area contributed by atoms with Crippen molar-refractivity contribution in [3.05, 3.63) is 60.8 Å². The molecule has 22 heavy (non-hydrogen) atoms. The van der Waals surface area contributed by atoms with Crippen LogP contribution in [0.3, 0.4) is 0 Å². The number of benzene rings is 2. The number of hydrogen-bond donors (Lipinski definition) is 0. The van der Waals surface area contributed by atoms with E-state index in [1.165, 1.54) is 22.3 Å². The van der Waals surface area contributed by atoms with Gasteiger partial charge in [0.1, 0.15) is 0 Å². The molecule has 0 fully saturated rings. The summed E-state index contributed by atoms with van der Waals surface area (Å²) in [4.78, 5) is 4.48. The molecule has 2 aromatic carbocycles. The van der Waals surface area contributed by atoms with Gasteiger partial charge in [-0.2, -0.15) is 0 Å². The number of fused-ring (bicyclic) bond motifs is 1. The van der Waals surface area contributed by atoms with Crippen molar-refractivity contribution in [3.63, 3.8) is 0 Å². The molecule has 0 spiro atoms. The Labute approximate surface area is 132 Å². The molecule has 0 radical (unpaired) electrons. The van der Waals surface area contributed by atoms with Crippen LogP contribution < -0.4 is 4.90 Å². The molecule has 114 valence electrons. The number of para-hydroxylation sites is 1. The fourth-order valence-corrected chi connectivity index (χ4v) is 2.72. The molecule has 0 N–H and O–H groups in total. The zero-order valence-electron chi connectivity index (χ0n) is 13.7. The van der Waals surface area contributed by atoms with Gasteiger partial charge in [0.15, 0.2) is 0 Å². The average Bonchev–Trinajstić information content (AvgIpc) is 2.97. The maximum atomic E-state index is 2.28. The topological polar surface area (TPSA) is 11.4 Å². The summed E-state index contributed by atoms with van der Waals surface area (Å²) < 4.78 is 2.23. The Morgan fingerprint density at radius 3 is 2.23 bits per heavy atom. The molecule has 3 aromatic rings. The first-order valence-electron chi connectivity index (χ1n) is 7.64. The molecule has 3 nitrogen and oxygen atoms in total. The maximum absolute atomic E-state index is 2.28. The summed E-state index contributed by atoms with van der Waals surface area (Å²) in [7, 11) is 6.33. The molecule has 0 saturated heterocycles. The monoisotopic (exact) mass is 293 g/mol. The molecule has 1 heterocycles. The highest BCUT2D eigenvalue weighted by Crippen LogP contribution is 2.23. The predicted octanol–water partition coefficient (Wildman–Crippen LogP) is 3.97. The number of rotatable bonds is 4. The summed E-state index contributed by atoms with van der Waals surface area (Å²) in [6, 6.07) is 19.3. The summed E-state index contributed by atoms with van der Waals surface area (Å²) in [5.74, 6) is 0. The van der Waals surface area contributed by atoms with Crippen molar-refractivity contribution >= 4 is 16.6 Å². The van der Waals surface area contributed by atoms with Crippen molar-refractivity contribution in [2.75, 3.05) is 26.0 Å². The lowest BCUT2D eigenvalue weighted by atomic mass is 10.2. The van der Waals surface area contributed by atoms with Gasteiger partial charge in [-0.15, -0.1) is 0 Å². The van der Waals surface area contributed by atoms with Crippen LogP contribution in [0.15, 0.2) is 60.8 Å². The molecule has 3 heteroatoms. The molecule has 0 bridgehead atoms. The SMILES string of the molecule is CC(N(C)C)N(C)c1ccc(-n2ccc3ccccc32)cc1. The third-order valence-electron chi connectivity index (χ3n) is 4.44. The minimum atomic E-state index is 0.359. The molecule has 1 atom stereocenters. The smallest absolute Gasteiger partial charge is 0.0783 e. The minimum Gasteiger partial charge on any atom is -0.359 e. The van der Waals surface area contributed by atoms with Gasteiger partial charge in [-0.05, 0) is 62.8 Å². The lowest BCUT2D eigenvalue weighted by molar-refractivity contribution is 0.311. The number of anilines is 1. The Kier molecular flexibility index (Phi) is 3.90. The highest BCUT2D eigenvalue weighted by atomic mass is 15.3. The largest absolute Gasteiger partial charge is 0.359 e. The van der Waals surface area contributed by atoms with Crippen LogP contribution in [0, 0.1) is 0 Å². The van der Waals surface area contributed by atoms with Crippen LogP contribution >= 0.6 is 0 Å². The summed E-state index contributed by atoms with van der Waals surface area (Å²) in [6.45, 7) is 2.20. The second-order valence-electron chi connectivity index (χ2n) is 5.97. The third kappa shape index (κ3) is 2.60. The first-order valence-corrected chi connectivity index (χ1v) is 7.64. The van der Waals surface area contributed by atoms with Crippen LogP contribution in [0.2, 0.25) is 0 Å². The summed E-state index contributed by atoms with van der Waals surface area (Å²) >= 11 is 0. The zero-order chi connectivity index (χ0) is 15.7. The van der Waals surface area contributed by atoms with E-state index in [9.17, 15) is 0 Å². The lowest BCUT2D eigenvalue weighted by Gasteiger charge is -2.32. The van der Waals surface area contributed by atoms with E-state index in [4.69, 9.17) is 0 Å². The minimum absolute atomic E-state index is 0.359. The van der Waals surface area contributed by atoms with E-state index in [1.54, 1.807) is 0 Å². The molecular formula is C19H23N3. The summed E-state index contributed by atoms with van der Waals surface area (Å²) in [6.07, 6.45) is 2.49. The van der Waals surface area contributed by atoms with Crippen LogP contribution in [-0.4, -0.2) is 36.8 Å². The molecule has 0 amide bonds. The van der Waals surface area contributed by atoms with E-state index in [2.05, 4.69) is 103 Å². The molecule has 3 rings (SSSR count). The molecule has 1 aromatic heterocycles. The van der Waals surface area contributed by atoms with Crippen molar-refractivity contribution < 1.29 is 0 Å². The lowest BCUT2D eigenvalue weighted by Crippen LogP contribution is -2.40. The van der Waals surface area contributed by atoms with Crippen LogP contribution in [0.1, 0.15) is 6.92 Å². The average molecular weight is 293 g/mol. The van der Waals surface area contributed by atoms with Crippen molar-refractivity contribution in [2.45, 2.75) is 13.1 Å². The first-order chi connectivity index (χ1) is 10.6. The number of nitrogens with zero attached hydrogens (tertiary/aromatic N) is 3. The Morgan fingerprint density at radius 1 is 0.864 bits per heavy atom. The summed E-state index contributed by atoms with van der Waals surface area (Å²) in [5.41, 5.74) is 3.66. The number of aromatic nitrogens is 1. The molecule has 0 saturated carbocycles. The van der Waals surface area contributed by atoms with E-state index in [0.717, 1.165) is 0 Å². The highest BCUT2D eigenvalue weighted by Gasteiger charge is 2.12. The molecule has 0 aliphatic rings. The van der Waals surface area contributed by atoms with Crippen LogP contribution in [0.5, 0.6) is 0 Å². The summed E-state index contributed by atoms with van der Waals surface area (Å²) in [5, 5.41) is 1.27. The van der Waals surface area contributed by atoms with E-state index in [1.807, 2.05) is 0 Å². The standard InChI is InChI=1S/C19H23N3/c1-15(20(2)3)21(4)17-9-11-18(12-10-17)22-14-13-16-7-5-6-8-19(16)22/h5-15H,1-4H3. The maximum Gasteiger partial charge on any atom is 0.0783 e. The Hall–Kier alpha value is -2.26. The second-order valence-corrected chi connectivity index (χ2v) is 5.97. The van der Waals surface area contributed by atoms with Gasteiger partial charge in [0.05, 0.1) is 11.7 Å². The van der Waals surface area contributed by atoms with E-state index >= 15 is 0 Å². The Morgan fingerprint density at radius 2 is 1.55 bits per heavy atom. The fraction of sp³-hybridized carbons (Fsp3) is 0.263. The quantitative estimate of drug-likeness (QED) is 0.674. The third-order valence-corrected chi connectivity index (χ3v) is 4.44. The van der Waals surface area contributed by atoms with Crippen molar-refractivity contribution in [1.82, 2.24) is 9.47 Å². The van der Waals surface area contributed by atoms with Gasteiger partial charge >= 0.3 is 0 Å². The van der Waals surface area contributed by atoms with Crippen molar-refractivity contribution in [2.24, 2.45) is 0 Å². The van der Waals surface area contributed by atoms with Crippen LogP contribution in [-0.2, 0) is 0 Å². The van der Waals surface area contributed by atoms with E-state index in [0.29, 0.717) is 6.17 Å². The fourth-order valence-electron chi connectivity index (χ4n) is 2.72. The number of hydrogen-bond acceptors (Lipinski definition) is 2.